The standard InChI is InChI=1S/C7H10N2O/c10-4-6-3-8-7(9-6)5-1-2-5/h3,5,10H,1-2,4H2,(H,8,9). The van der Waals surface area contributed by atoms with Crippen LogP contribution < -0.4 is 0 Å². The summed E-state index contributed by atoms with van der Waals surface area (Å²) in [5.74, 6) is 1.70. The van der Waals surface area contributed by atoms with E-state index in [4.69, 9.17) is 5.11 Å². The number of rotatable bonds is 2. The predicted molar refractivity (Wildman–Crippen MR) is 36.5 cm³/mol. The molecule has 3 nitrogen and oxygen atoms in total. The van der Waals surface area contributed by atoms with Gasteiger partial charge in [0, 0.05) is 5.92 Å². The Balaban J connectivity index is 2.19. The minimum absolute atomic E-state index is 0.0692. The first kappa shape index (κ1) is 5.92. The van der Waals surface area contributed by atoms with Gasteiger partial charge in [-0.25, -0.2) is 4.98 Å². The van der Waals surface area contributed by atoms with Crippen molar-refractivity contribution in [1.29, 1.82) is 0 Å². The quantitative estimate of drug-likeness (QED) is 0.634. The molecule has 0 amide bonds. The molecule has 1 aromatic rings. The first-order chi connectivity index (χ1) is 4.90. The molecule has 1 aromatic heterocycles. The highest BCUT2D eigenvalue weighted by Crippen LogP contribution is 2.37. The van der Waals surface area contributed by atoms with Crippen molar-refractivity contribution in [2.45, 2.75) is 25.4 Å². The molecule has 0 unspecified atom stereocenters. The van der Waals surface area contributed by atoms with Crippen LogP contribution in [0.25, 0.3) is 0 Å². The topological polar surface area (TPSA) is 48.9 Å². The van der Waals surface area contributed by atoms with Crippen LogP contribution in [0.2, 0.25) is 0 Å². The molecule has 0 radical (unpaired) electrons. The second-order valence-corrected chi connectivity index (χ2v) is 2.73. The molecule has 1 heterocycles. The first-order valence-electron chi connectivity index (χ1n) is 3.55. The molecule has 0 atom stereocenters. The van der Waals surface area contributed by atoms with E-state index in [2.05, 4.69) is 9.97 Å². The van der Waals surface area contributed by atoms with Gasteiger partial charge in [0.05, 0.1) is 18.5 Å². The number of aliphatic hydroxyl groups is 1. The van der Waals surface area contributed by atoms with Crippen molar-refractivity contribution in [1.82, 2.24) is 9.97 Å². The SMILES string of the molecule is OCc1cnc(C2CC2)[nH]1. The molecule has 1 fully saturated rings. The van der Waals surface area contributed by atoms with E-state index in [0.29, 0.717) is 5.92 Å². The summed E-state index contributed by atoms with van der Waals surface area (Å²) in [6, 6.07) is 0. The van der Waals surface area contributed by atoms with Crippen LogP contribution in [0.1, 0.15) is 30.3 Å². The summed E-state index contributed by atoms with van der Waals surface area (Å²) in [6.07, 6.45) is 4.20. The lowest BCUT2D eigenvalue weighted by atomic mass is 10.4. The van der Waals surface area contributed by atoms with Crippen LogP contribution in [0.3, 0.4) is 0 Å². The smallest absolute Gasteiger partial charge is 0.109 e. The van der Waals surface area contributed by atoms with Crippen molar-refractivity contribution in [3.63, 3.8) is 0 Å². The number of hydrogen-bond donors (Lipinski definition) is 2. The maximum Gasteiger partial charge on any atom is 0.109 e. The van der Waals surface area contributed by atoms with Gasteiger partial charge in [-0.3, -0.25) is 0 Å². The van der Waals surface area contributed by atoms with Gasteiger partial charge in [-0.2, -0.15) is 0 Å². The van der Waals surface area contributed by atoms with Gasteiger partial charge < -0.3 is 10.1 Å². The highest BCUT2D eigenvalue weighted by atomic mass is 16.3. The van der Waals surface area contributed by atoms with Crippen LogP contribution in [0.5, 0.6) is 0 Å². The van der Waals surface area contributed by atoms with Crippen LogP contribution in [-0.4, -0.2) is 15.1 Å². The summed E-state index contributed by atoms with van der Waals surface area (Å²) < 4.78 is 0. The molecule has 1 saturated carbocycles. The molecule has 0 bridgehead atoms. The van der Waals surface area contributed by atoms with Gasteiger partial charge in [-0.05, 0) is 12.8 Å². The highest BCUT2D eigenvalue weighted by Gasteiger charge is 2.26. The lowest BCUT2D eigenvalue weighted by molar-refractivity contribution is 0.277. The summed E-state index contributed by atoms with van der Waals surface area (Å²) in [5, 5.41) is 8.68. The molecule has 3 heteroatoms. The molecular weight excluding hydrogens is 128 g/mol. The van der Waals surface area contributed by atoms with Gasteiger partial charge in [0.25, 0.3) is 0 Å². The van der Waals surface area contributed by atoms with E-state index in [1.165, 1.54) is 12.8 Å². The third-order valence-corrected chi connectivity index (χ3v) is 1.78. The zero-order chi connectivity index (χ0) is 6.97. The maximum atomic E-state index is 8.68. The van der Waals surface area contributed by atoms with Crippen molar-refractivity contribution >= 4 is 0 Å². The van der Waals surface area contributed by atoms with Gasteiger partial charge in [0.2, 0.25) is 0 Å². The molecule has 0 aromatic carbocycles. The zero-order valence-corrected chi connectivity index (χ0v) is 5.67. The van der Waals surface area contributed by atoms with Gasteiger partial charge >= 0.3 is 0 Å². The second-order valence-electron chi connectivity index (χ2n) is 2.73. The minimum Gasteiger partial charge on any atom is -0.390 e. The molecule has 10 heavy (non-hydrogen) atoms. The van der Waals surface area contributed by atoms with Crippen LogP contribution in [-0.2, 0) is 6.61 Å². The van der Waals surface area contributed by atoms with Crippen molar-refractivity contribution < 1.29 is 5.11 Å². The average Bonchev–Trinajstić information content (AvgIpc) is 2.70. The Hall–Kier alpha value is -0.830. The van der Waals surface area contributed by atoms with Crippen molar-refractivity contribution in [3.8, 4) is 0 Å². The Labute approximate surface area is 59.1 Å². The number of hydrogen-bond acceptors (Lipinski definition) is 2. The molecule has 0 saturated heterocycles. The first-order valence-corrected chi connectivity index (χ1v) is 3.55. The third-order valence-electron chi connectivity index (χ3n) is 1.78. The van der Waals surface area contributed by atoms with Gasteiger partial charge in [0.1, 0.15) is 5.82 Å². The largest absolute Gasteiger partial charge is 0.390 e. The van der Waals surface area contributed by atoms with Crippen molar-refractivity contribution in [3.05, 3.63) is 17.7 Å². The number of imidazole rings is 1. The number of aromatic nitrogens is 2. The Morgan fingerprint density at radius 3 is 3.00 bits per heavy atom. The van der Waals surface area contributed by atoms with E-state index < -0.39 is 0 Å². The summed E-state index contributed by atoms with van der Waals surface area (Å²) in [4.78, 5) is 7.20. The number of aromatic amines is 1. The fourth-order valence-corrected chi connectivity index (χ4v) is 1.02. The number of nitrogens with one attached hydrogen (secondary N) is 1. The average molecular weight is 138 g/mol. The zero-order valence-electron chi connectivity index (χ0n) is 5.67. The van der Waals surface area contributed by atoms with E-state index in [9.17, 15) is 0 Å². The fourth-order valence-electron chi connectivity index (χ4n) is 1.02. The van der Waals surface area contributed by atoms with Gasteiger partial charge in [-0.15, -0.1) is 0 Å². The molecule has 0 aliphatic heterocycles. The van der Waals surface area contributed by atoms with Crippen LogP contribution in [0, 0.1) is 0 Å². The highest BCUT2D eigenvalue weighted by molar-refractivity contribution is 5.09. The lowest BCUT2D eigenvalue weighted by Crippen LogP contribution is -1.84. The van der Waals surface area contributed by atoms with Crippen molar-refractivity contribution in [2.24, 2.45) is 0 Å². The number of H-pyrrole nitrogens is 1. The predicted octanol–water partition coefficient (Wildman–Crippen LogP) is 0.779. The fraction of sp³-hybridized carbons (Fsp3) is 0.571. The van der Waals surface area contributed by atoms with E-state index in [-0.39, 0.29) is 6.61 Å². The minimum atomic E-state index is 0.0692. The molecular formula is C7H10N2O. The molecule has 1 aliphatic carbocycles. The Bertz CT molecular complexity index is 227. The van der Waals surface area contributed by atoms with Crippen LogP contribution in [0.4, 0.5) is 0 Å². The number of aliphatic hydroxyl groups excluding tert-OH is 1. The Morgan fingerprint density at radius 2 is 2.50 bits per heavy atom. The lowest BCUT2D eigenvalue weighted by Gasteiger charge is -1.87. The van der Waals surface area contributed by atoms with E-state index >= 15 is 0 Å². The summed E-state index contributed by atoms with van der Waals surface area (Å²) in [6.45, 7) is 0.0692. The third kappa shape index (κ3) is 0.926. The summed E-state index contributed by atoms with van der Waals surface area (Å²) >= 11 is 0. The molecule has 54 valence electrons. The monoisotopic (exact) mass is 138 g/mol. The van der Waals surface area contributed by atoms with E-state index in [0.717, 1.165) is 11.5 Å². The second kappa shape index (κ2) is 2.09. The number of nitrogens with zero attached hydrogens (tertiary/aromatic N) is 1. The van der Waals surface area contributed by atoms with Crippen LogP contribution >= 0.6 is 0 Å². The normalized spacial score (nSPS) is 17.7. The van der Waals surface area contributed by atoms with Crippen LogP contribution in [0.15, 0.2) is 6.20 Å². The maximum absolute atomic E-state index is 8.68. The van der Waals surface area contributed by atoms with Gasteiger partial charge in [0.15, 0.2) is 0 Å². The van der Waals surface area contributed by atoms with E-state index in [1.54, 1.807) is 6.20 Å². The molecule has 1 aliphatic rings. The Morgan fingerprint density at radius 1 is 1.70 bits per heavy atom. The van der Waals surface area contributed by atoms with Crippen molar-refractivity contribution in [2.75, 3.05) is 0 Å². The van der Waals surface area contributed by atoms with Gasteiger partial charge in [-0.1, -0.05) is 0 Å². The Kier molecular flexibility index (Phi) is 1.24. The molecule has 2 N–H and O–H groups in total. The summed E-state index contributed by atoms with van der Waals surface area (Å²) in [5.41, 5.74) is 0.821. The van der Waals surface area contributed by atoms with E-state index in [1.807, 2.05) is 0 Å². The summed E-state index contributed by atoms with van der Waals surface area (Å²) in [7, 11) is 0. The molecule has 2 rings (SSSR count). The molecule has 0 spiro atoms.